The van der Waals surface area contributed by atoms with Gasteiger partial charge in [0.1, 0.15) is 6.33 Å². The highest BCUT2D eigenvalue weighted by Crippen LogP contribution is 2.41. The molecule has 3 nitrogen and oxygen atoms in total. The maximum Gasteiger partial charge on any atom is 0.165 e. The number of hydrogen-bond acceptors (Lipinski definition) is 2. The zero-order valence-corrected chi connectivity index (χ0v) is 6.70. The first kappa shape index (κ1) is 6.61. The Morgan fingerprint density at radius 1 is 1.44 bits per heavy atom. The van der Waals surface area contributed by atoms with Gasteiger partial charge in [0.15, 0.2) is 5.16 Å². The van der Waals surface area contributed by atoms with Gasteiger partial charge in [-0.25, -0.2) is 4.98 Å². The lowest BCUT2D eigenvalue weighted by Gasteiger charge is -2.20. The number of rotatable bonds is 1. The smallest absolute Gasteiger partial charge is 0.165 e. The highest BCUT2D eigenvalue weighted by Gasteiger charge is 2.09. The second kappa shape index (κ2) is 2.02. The first-order valence-corrected chi connectivity index (χ1v) is 5.50. The molecule has 0 aliphatic carbocycles. The quantitative estimate of drug-likeness (QED) is 0.636. The van der Waals surface area contributed by atoms with E-state index in [1.807, 2.05) is 0 Å². The van der Waals surface area contributed by atoms with E-state index in [4.69, 9.17) is 0 Å². The van der Waals surface area contributed by atoms with Crippen LogP contribution in [-0.4, -0.2) is 33.9 Å². The number of aromatic amines is 1. The minimum atomic E-state index is -0.689. The van der Waals surface area contributed by atoms with Crippen molar-refractivity contribution >= 4 is 10.0 Å². The molecular weight excluding hydrogens is 134 g/mol. The van der Waals surface area contributed by atoms with Crippen LogP contribution in [0.1, 0.15) is 0 Å². The van der Waals surface area contributed by atoms with Crippen molar-refractivity contribution in [2.24, 2.45) is 0 Å². The molecule has 1 N–H and O–H groups in total. The molecule has 0 radical (unpaired) electrons. The third-order valence-electron chi connectivity index (χ3n) is 0.973. The van der Waals surface area contributed by atoms with Crippen LogP contribution in [0.3, 0.4) is 0 Å². The van der Waals surface area contributed by atoms with Gasteiger partial charge in [0.2, 0.25) is 0 Å². The molecule has 0 bridgehead atoms. The molecule has 0 spiro atoms. The average molecular weight is 145 g/mol. The largest absolute Gasteiger partial charge is 0.256 e. The van der Waals surface area contributed by atoms with E-state index in [0.29, 0.717) is 0 Å². The maximum absolute atomic E-state index is 4.06. The lowest BCUT2D eigenvalue weighted by molar-refractivity contribution is 0.966. The van der Waals surface area contributed by atoms with Crippen molar-refractivity contribution in [2.75, 3.05) is 18.8 Å². The zero-order chi connectivity index (χ0) is 6.91. The van der Waals surface area contributed by atoms with Crippen molar-refractivity contribution in [2.45, 2.75) is 5.16 Å². The predicted octanol–water partition coefficient (Wildman–Crippen LogP) is 0.858. The summed E-state index contributed by atoms with van der Waals surface area (Å²) in [5.74, 6) is 0. The first-order chi connectivity index (χ1) is 4.11. The zero-order valence-electron chi connectivity index (χ0n) is 5.88. The fourth-order valence-electron chi connectivity index (χ4n) is 0.489. The second-order valence-corrected chi connectivity index (χ2v) is 6.69. The summed E-state index contributed by atoms with van der Waals surface area (Å²) in [5.41, 5.74) is 0. The van der Waals surface area contributed by atoms with Crippen LogP contribution in [0.2, 0.25) is 0 Å². The molecule has 0 amide bonds. The molecule has 52 valence electrons. The van der Waals surface area contributed by atoms with E-state index in [9.17, 15) is 0 Å². The molecule has 9 heavy (non-hydrogen) atoms. The number of nitrogens with zero attached hydrogens (tertiary/aromatic N) is 2. The molecule has 4 heteroatoms. The van der Waals surface area contributed by atoms with Gasteiger partial charge < -0.3 is 0 Å². The van der Waals surface area contributed by atoms with E-state index in [2.05, 4.69) is 33.9 Å². The maximum atomic E-state index is 4.06. The van der Waals surface area contributed by atoms with Crippen molar-refractivity contribution in [3.05, 3.63) is 6.33 Å². The van der Waals surface area contributed by atoms with E-state index in [1.165, 1.54) is 0 Å². The minimum Gasteiger partial charge on any atom is -0.256 e. The van der Waals surface area contributed by atoms with E-state index in [1.54, 1.807) is 6.33 Å². The Kier molecular flexibility index (Phi) is 1.48. The summed E-state index contributed by atoms with van der Waals surface area (Å²) in [6, 6.07) is 0. The summed E-state index contributed by atoms with van der Waals surface area (Å²) in [6.07, 6.45) is 8.07. The van der Waals surface area contributed by atoms with Crippen LogP contribution < -0.4 is 0 Å². The lowest BCUT2D eigenvalue weighted by Crippen LogP contribution is -1.94. The lowest BCUT2D eigenvalue weighted by atomic mass is 11.3. The Hall–Kier alpha value is -0.510. The summed E-state index contributed by atoms with van der Waals surface area (Å²) >= 11 is 0. The van der Waals surface area contributed by atoms with Crippen molar-refractivity contribution in [1.29, 1.82) is 0 Å². The normalized spacial score (nSPS) is 13.7. The minimum absolute atomic E-state index is 0.689. The Bertz CT molecular complexity index is 175. The van der Waals surface area contributed by atoms with E-state index < -0.39 is 10.0 Å². The molecule has 1 heterocycles. The molecule has 0 aliphatic rings. The Balaban J connectivity index is 2.90. The van der Waals surface area contributed by atoms with Crippen molar-refractivity contribution in [1.82, 2.24) is 15.2 Å². The molecule has 0 atom stereocenters. The molecule has 0 fully saturated rings. The van der Waals surface area contributed by atoms with Crippen molar-refractivity contribution in [3.63, 3.8) is 0 Å². The van der Waals surface area contributed by atoms with Gasteiger partial charge in [-0.2, -0.15) is 15.1 Å². The summed E-state index contributed by atoms with van der Waals surface area (Å²) in [5, 5.41) is 7.64. The standard InChI is InChI=1S/C5H11N3S/c1-9(2,3)5-6-4-7-8-5/h4H,1-3H3,(H,6,7,8). The molecule has 0 saturated carbocycles. The summed E-state index contributed by atoms with van der Waals surface area (Å²) in [6.45, 7) is 0. The number of H-pyrrole nitrogens is 1. The van der Waals surface area contributed by atoms with Gasteiger partial charge >= 0.3 is 0 Å². The summed E-state index contributed by atoms with van der Waals surface area (Å²) in [7, 11) is -0.689. The van der Waals surface area contributed by atoms with Crippen LogP contribution in [0.5, 0.6) is 0 Å². The fourth-order valence-corrected chi connectivity index (χ4v) is 1.18. The second-order valence-electron chi connectivity index (χ2n) is 2.63. The predicted molar refractivity (Wildman–Crippen MR) is 40.0 cm³/mol. The molecule has 0 saturated heterocycles. The molecule has 0 unspecified atom stereocenters. The SMILES string of the molecule is CS(C)(C)c1ncn[nH]1. The van der Waals surface area contributed by atoms with E-state index >= 15 is 0 Å². The number of aromatic nitrogens is 3. The van der Waals surface area contributed by atoms with Gasteiger partial charge in [0.05, 0.1) is 0 Å². The van der Waals surface area contributed by atoms with Crippen LogP contribution in [0.15, 0.2) is 11.5 Å². The van der Waals surface area contributed by atoms with Crippen molar-refractivity contribution in [3.8, 4) is 0 Å². The topological polar surface area (TPSA) is 41.6 Å². The van der Waals surface area contributed by atoms with E-state index in [0.717, 1.165) is 5.16 Å². The van der Waals surface area contributed by atoms with Crippen molar-refractivity contribution < 1.29 is 0 Å². The van der Waals surface area contributed by atoms with Gasteiger partial charge in [0, 0.05) is 0 Å². The third-order valence-corrected chi connectivity index (χ3v) is 2.33. The van der Waals surface area contributed by atoms with Crippen LogP contribution in [0.25, 0.3) is 0 Å². The molecule has 0 aliphatic heterocycles. The highest BCUT2D eigenvalue weighted by molar-refractivity contribution is 8.32. The van der Waals surface area contributed by atoms with Crippen LogP contribution in [-0.2, 0) is 0 Å². The summed E-state index contributed by atoms with van der Waals surface area (Å²) in [4.78, 5) is 4.06. The molecule has 0 aromatic carbocycles. The summed E-state index contributed by atoms with van der Waals surface area (Å²) < 4.78 is 0. The highest BCUT2D eigenvalue weighted by atomic mass is 32.3. The van der Waals surface area contributed by atoms with Crippen LogP contribution >= 0.6 is 10.0 Å². The van der Waals surface area contributed by atoms with Gasteiger partial charge in [0.25, 0.3) is 0 Å². The molecule has 1 aromatic rings. The van der Waals surface area contributed by atoms with Gasteiger partial charge in [-0.05, 0) is 18.8 Å². The van der Waals surface area contributed by atoms with E-state index in [-0.39, 0.29) is 0 Å². The monoisotopic (exact) mass is 145 g/mol. The average Bonchev–Trinajstić information content (AvgIpc) is 2.08. The number of hydrogen-bond donors (Lipinski definition) is 1. The van der Waals surface area contributed by atoms with Crippen LogP contribution in [0, 0.1) is 0 Å². The Labute approximate surface area is 56.2 Å². The third kappa shape index (κ3) is 1.45. The van der Waals surface area contributed by atoms with Gasteiger partial charge in [-0.15, -0.1) is 0 Å². The Morgan fingerprint density at radius 3 is 2.33 bits per heavy atom. The molecule has 1 aromatic heterocycles. The number of nitrogens with one attached hydrogen (secondary N) is 1. The van der Waals surface area contributed by atoms with Gasteiger partial charge in [-0.1, -0.05) is 0 Å². The molecule has 1 rings (SSSR count). The van der Waals surface area contributed by atoms with Crippen LogP contribution in [0.4, 0.5) is 0 Å². The molecular formula is C5H11N3S. The first-order valence-electron chi connectivity index (χ1n) is 2.64. The fraction of sp³-hybridized carbons (Fsp3) is 0.600. The van der Waals surface area contributed by atoms with Gasteiger partial charge in [-0.3, -0.25) is 5.10 Å². The Morgan fingerprint density at radius 2 is 2.11 bits per heavy atom.